The Hall–Kier alpha value is -3.35. The lowest BCUT2D eigenvalue weighted by atomic mass is 10.2. The lowest BCUT2D eigenvalue weighted by Gasteiger charge is -2.29. The third kappa shape index (κ3) is 31.8. The van der Waals surface area contributed by atoms with Crippen LogP contribution in [0, 0.1) is 0 Å². The van der Waals surface area contributed by atoms with E-state index in [1.165, 1.54) is 11.1 Å². The van der Waals surface area contributed by atoms with Gasteiger partial charge in [0, 0.05) is 164 Å². The first-order valence-corrected chi connectivity index (χ1v) is 43.7. The van der Waals surface area contributed by atoms with Gasteiger partial charge in [-0.25, -0.2) is 0 Å². The zero-order valence-electron chi connectivity index (χ0n) is 56.8. The van der Waals surface area contributed by atoms with Crippen molar-refractivity contribution in [2.75, 3.05) is 124 Å². The molecule has 0 saturated heterocycles. The van der Waals surface area contributed by atoms with Crippen molar-refractivity contribution in [2.24, 2.45) is 0 Å². The summed E-state index contributed by atoms with van der Waals surface area (Å²) in [5.41, 5.74) is 5.97. The molecule has 0 saturated carbocycles. The highest BCUT2D eigenvalue weighted by atomic mass is 35.6. The van der Waals surface area contributed by atoms with Crippen LogP contribution in [-0.4, -0.2) is 170 Å². The molecule has 0 fully saturated rings. The molecule has 0 amide bonds. The summed E-state index contributed by atoms with van der Waals surface area (Å²) in [6.07, 6.45) is 2.91. The molecule has 0 aliphatic rings. The SMILES string of the molecule is CCO[Si](OCC)(OCC)c1ccccc1Cl.CO[Si](C)(CCc1ccccc1)OC.CO[Si](CCCNc1ccccc1)(OC)OC.CO[Si](CCc1ccccc1)(OC)OC.CO[Si](Cl)(Cc1ccccc1)OC.CO[Si](OC)(OC)c1ccc(CCl)cc1. The second kappa shape index (κ2) is 49.2. The minimum absolute atomic E-state index is 0.502. The second-order valence-electron chi connectivity index (χ2n) is 19.6. The predicted octanol–water partition coefficient (Wildman–Crippen LogP) is 13.4. The monoisotopic (exact) mass is 1430 g/mol. The Morgan fingerprint density at radius 1 is 0.385 bits per heavy atom. The van der Waals surface area contributed by atoms with Crippen LogP contribution in [0.5, 0.6) is 0 Å². The van der Waals surface area contributed by atoms with Crippen molar-refractivity contribution < 1.29 is 70.8 Å². The fourth-order valence-electron chi connectivity index (χ4n) is 8.56. The zero-order valence-corrected chi connectivity index (χ0v) is 65.1. The summed E-state index contributed by atoms with van der Waals surface area (Å²) < 4.78 is 86.8. The molecule has 6 aromatic rings. The van der Waals surface area contributed by atoms with Crippen LogP contribution in [0.3, 0.4) is 0 Å². The molecule has 0 aliphatic heterocycles. The Kier molecular flexibility index (Phi) is 46.3. The molecule has 510 valence electrons. The molecule has 91 heavy (non-hydrogen) atoms. The Morgan fingerprint density at radius 3 is 1.14 bits per heavy atom. The number of anilines is 1. The maximum Gasteiger partial charge on any atom is 0.538 e. The quantitative estimate of drug-likeness (QED) is 0.0173. The van der Waals surface area contributed by atoms with E-state index in [4.69, 9.17) is 105 Å². The largest absolute Gasteiger partial charge is 0.538 e. The van der Waals surface area contributed by atoms with E-state index in [0.717, 1.165) is 71.1 Å². The Bertz CT molecular complexity index is 2640. The highest BCUT2D eigenvalue weighted by molar-refractivity contribution is 7.12. The molecular formula is C65H104Cl3NO16Si6. The van der Waals surface area contributed by atoms with Crippen LogP contribution in [-0.2, 0) is 95.6 Å². The molecule has 0 spiro atoms. The summed E-state index contributed by atoms with van der Waals surface area (Å²) in [5, 5.41) is 5.75. The molecule has 1 N–H and O–H groups in total. The van der Waals surface area contributed by atoms with E-state index >= 15 is 0 Å². The van der Waals surface area contributed by atoms with Crippen LogP contribution >= 0.6 is 34.3 Å². The van der Waals surface area contributed by atoms with E-state index in [0.29, 0.717) is 36.8 Å². The lowest BCUT2D eigenvalue weighted by Crippen LogP contribution is -2.57. The molecule has 6 aromatic carbocycles. The average Bonchev–Trinajstić information content (AvgIpc) is 0.969. The van der Waals surface area contributed by atoms with E-state index in [2.05, 4.69) is 48.3 Å². The van der Waals surface area contributed by atoms with Gasteiger partial charge < -0.3 is 76.1 Å². The summed E-state index contributed by atoms with van der Waals surface area (Å²) in [6.45, 7) is 10.4. The van der Waals surface area contributed by atoms with Gasteiger partial charge in [-0.05, 0) is 93.1 Å². The Morgan fingerprint density at radius 2 is 0.769 bits per heavy atom. The molecule has 0 radical (unpaired) electrons. The summed E-state index contributed by atoms with van der Waals surface area (Å²) in [6, 6.07) is 59.4. The number of hydrogen-bond donors (Lipinski definition) is 1. The van der Waals surface area contributed by atoms with Gasteiger partial charge in [-0.2, -0.15) is 0 Å². The van der Waals surface area contributed by atoms with E-state index < -0.39 is 51.6 Å². The van der Waals surface area contributed by atoms with Crippen molar-refractivity contribution >= 4 is 102 Å². The Labute approximate surface area is 567 Å². The summed E-state index contributed by atoms with van der Waals surface area (Å²) in [4.78, 5) is 0. The molecule has 0 heterocycles. The van der Waals surface area contributed by atoms with Crippen LogP contribution in [0.15, 0.2) is 170 Å². The van der Waals surface area contributed by atoms with Gasteiger partial charge in [-0.15, -0.1) is 11.6 Å². The normalized spacial score (nSPS) is 11.6. The highest BCUT2D eigenvalue weighted by Crippen LogP contribution is 2.21. The second-order valence-corrected chi connectivity index (χ2v) is 39.7. The molecule has 17 nitrogen and oxygen atoms in total. The summed E-state index contributed by atoms with van der Waals surface area (Å²) in [5.74, 6) is 0.502. The van der Waals surface area contributed by atoms with E-state index in [1.54, 1.807) is 92.4 Å². The van der Waals surface area contributed by atoms with Gasteiger partial charge in [0.05, 0.1) is 0 Å². The van der Waals surface area contributed by atoms with Gasteiger partial charge in [0.1, 0.15) is 0 Å². The fourth-order valence-corrected chi connectivity index (χ4v) is 19.9. The zero-order chi connectivity index (χ0) is 67.9. The van der Waals surface area contributed by atoms with Crippen molar-refractivity contribution in [2.45, 2.75) is 76.6 Å². The number of para-hydroxylation sites is 1. The maximum absolute atomic E-state index is 6.21. The third-order valence-corrected chi connectivity index (χ3v) is 32.5. The van der Waals surface area contributed by atoms with Gasteiger partial charge in [0.2, 0.25) is 0 Å². The number of hydrogen-bond acceptors (Lipinski definition) is 17. The third-order valence-electron chi connectivity index (χ3n) is 14.1. The molecule has 0 bridgehead atoms. The van der Waals surface area contributed by atoms with E-state index in [-0.39, 0.29) is 0 Å². The van der Waals surface area contributed by atoms with Gasteiger partial charge in [0.15, 0.2) is 0 Å². The number of benzene rings is 6. The topological polar surface area (TPSA) is 160 Å². The Balaban J connectivity index is 0.000000547. The van der Waals surface area contributed by atoms with Crippen LogP contribution in [0.1, 0.15) is 49.4 Å². The number of halogens is 3. The van der Waals surface area contributed by atoms with Crippen molar-refractivity contribution in [3.05, 3.63) is 197 Å². The van der Waals surface area contributed by atoms with Crippen LogP contribution in [0.4, 0.5) is 5.69 Å². The standard InChI is InChI=1S/C12H19ClO3Si.C12H21NO3Si.C11H18O3Si.C11H18O2Si.C10H15ClO3Si.C9H13ClO2Si/c1-4-14-17(15-5-2,16-6-3)12-10-8-7-9-11(12)13;1-14-17(15-2,16-3)11-7-10-13-12-8-5-4-6-9-12;1-12-15(13-2,14-3)10-9-11-7-5-4-6-8-11;1-12-14(3,13-2)10-9-11-7-5-4-6-8-11;1-12-15(13-2,14-3)10-6-4-9(8-11)5-7-10;1-11-13(10,12-2)8-9-6-4-3-5-7-9/h7-10H,4-6H2,1-3H3;4-6,8-9,13H,7,10-11H2,1-3H3;4-8H,9-10H2,1-3H3;4-8H,9-10H2,1-3H3;4-7H,8H2,1-3H3;3-7H,8H2,1-2H3. The minimum Gasteiger partial charge on any atom is -0.398 e. The molecular weight excluding hydrogens is 1330 g/mol. The number of aryl methyl sites for hydroxylation is 2. The fraction of sp³-hybridized carbons (Fsp3) is 0.446. The number of rotatable bonds is 35. The minimum atomic E-state index is -2.85. The number of alkyl halides is 1. The molecule has 0 aliphatic carbocycles. The van der Waals surface area contributed by atoms with Crippen molar-refractivity contribution in [3.8, 4) is 0 Å². The van der Waals surface area contributed by atoms with Crippen molar-refractivity contribution in [3.63, 3.8) is 0 Å². The predicted molar refractivity (Wildman–Crippen MR) is 383 cm³/mol. The molecule has 6 rings (SSSR count). The van der Waals surface area contributed by atoms with Gasteiger partial charge in [-0.3, -0.25) is 0 Å². The first-order valence-electron chi connectivity index (χ1n) is 29.9. The van der Waals surface area contributed by atoms with E-state index in [1.807, 2.05) is 154 Å². The summed E-state index contributed by atoms with van der Waals surface area (Å²) >= 11 is 18.1. The smallest absolute Gasteiger partial charge is 0.398 e. The lowest BCUT2D eigenvalue weighted by molar-refractivity contribution is 0.0859. The van der Waals surface area contributed by atoms with Gasteiger partial charge in [-0.1, -0.05) is 174 Å². The van der Waals surface area contributed by atoms with Crippen LogP contribution < -0.4 is 15.7 Å². The molecule has 0 aromatic heterocycles. The van der Waals surface area contributed by atoms with Crippen LogP contribution in [0.25, 0.3) is 0 Å². The molecule has 0 unspecified atom stereocenters. The first kappa shape index (κ1) is 85.7. The molecule has 26 heteroatoms. The molecule has 0 atom stereocenters. The van der Waals surface area contributed by atoms with E-state index in [9.17, 15) is 0 Å². The van der Waals surface area contributed by atoms with Gasteiger partial charge in [0.25, 0.3) is 0 Å². The maximum atomic E-state index is 6.21. The number of nitrogens with one attached hydrogen (secondary N) is 1. The average molecular weight is 1430 g/mol. The van der Waals surface area contributed by atoms with Crippen molar-refractivity contribution in [1.29, 1.82) is 0 Å². The van der Waals surface area contributed by atoms with Crippen LogP contribution in [0.2, 0.25) is 29.7 Å². The first-order chi connectivity index (χ1) is 43.8. The highest BCUT2D eigenvalue weighted by Gasteiger charge is 2.45. The van der Waals surface area contributed by atoms with Gasteiger partial charge >= 0.3 is 51.6 Å². The van der Waals surface area contributed by atoms with Crippen molar-refractivity contribution in [1.82, 2.24) is 0 Å². The summed E-state index contributed by atoms with van der Waals surface area (Å²) in [7, 11) is 6.62.